The summed E-state index contributed by atoms with van der Waals surface area (Å²) in [7, 11) is 0. The van der Waals surface area contributed by atoms with Crippen molar-refractivity contribution in [1.82, 2.24) is 25.3 Å². The second-order valence-electron chi connectivity index (χ2n) is 4.98. The van der Waals surface area contributed by atoms with Gasteiger partial charge in [0.2, 0.25) is 0 Å². The zero-order chi connectivity index (χ0) is 16.1. The highest BCUT2D eigenvalue weighted by molar-refractivity contribution is 5.92. The second-order valence-corrected chi connectivity index (χ2v) is 4.98. The van der Waals surface area contributed by atoms with E-state index >= 15 is 0 Å². The molecule has 0 aliphatic rings. The normalized spacial score (nSPS) is 11.7. The predicted octanol–water partition coefficient (Wildman–Crippen LogP) is 2.42. The van der Waals surface area contributed by atoms with Crippen LogP contribution in [-0.4, -0.2) is 25.8 Å². The number of aromatic nitrogens is 4. The second kappa shape index (κ2) is 6.74. The molecule has 1 unspecified atom stereocenters. The number of rotatable bonds is 4. The number of nitrogens with one attached hydrogen (secondary N) is 1. The van der Waals surface area contributed by atoms with E-state index in [4.69, 9.17) is 0 Å². The van der Waals surface area contributed by atoms with Gasteiger partial charge in [0.25, 0.3) is 5.91 Å². The van der Waals surface area contributed by atoms with Gasteiger partial charge in [-0.3, -0.25) is 19.7 Å². The standard InChI is InChI=1S/C17H15N5O/c1-12(21-17(23)16-11-19-8-9-20-16)14-5-2-6-15(22-14)13-4-3-7-18-10-13/h2-12H,1H3,(H,21,23). The van der Waals surface area contributed by atoms with E-state index in [1.807, 2.05) is 37.3 Å². The molecule has 3 aromatic rings. The SMILES string of the molecule is CC(NC(=O)c1cnccn1)c1cccc(-c2cccnc2)n1. The molecule has 3 rings (SSSR count). The Hall–Kier alpha value is -3.15. The molecule has 1 atom stereocenters. The van der Waals surface area contributed by atoms with Crippen molar-refractivity contribution in [2.75, 3.05) is 0 Å². The van der Waals surface area contributed by atoms with Crippen LogP contribution in [0.2, 0.25) is 0 Å². The van der Waals surface area contributed by atoms with E-state index in [2.05, 4.69) is 25.3 Å². The third-order valence-electron chi connectivity index (χ3n) is 3.31. The summed E-state index contributed by atoms with van der Waals surface area (Å²) in [6.07, 6.45) is 7.92. The molecule has 0 saturated carbocycles. The lowest BCUT2D eigenvalue weighted by atomic mass is 10.1. The van der Waals surface area contributed by atoms with Gasteiger partial charge in [0.15, 0.2) is 0 Å². The first kappa shape index (κ1) is 14.8. The molecule has 0 saturated heterocycles. The Morgan fingerprint density at radius 2 is 1.91 bits per heavy atom. The van der Waals surface area contributed by atoms with E-state index < -0.39 is 0 Å². The highest BCUT2D eigenvalue weighted by Crippen LogP contribution is 2.18. The maximum Gasteiger partial charge on any atom is 0.272 e. The fourth-order valence-corrected chi connectivity index (χ4v) is 2.13. The minimum Gasteiger partial charge on any atom is -0.343 e. The van der Waals surface area contributed by atoms with Gasteiger partial charge in [-0.15, -0.1) is 0 Å². The Bertz CT molecular complexity index is 792. The summed E-state index contributed by atoms with van der Waals surface area (Å²) in [5.41, 5.74) is 2.80. The largest absolute Gasteiger partial charge is 0.343 e. The van der Waals surface area contributed by atoms with Gasteiger partial charge in [0, 0.05) is 30.4 Å². The Morgan fingerprint density at radius 3 is 2.65 bits per heavy atom. The Kier molecular flexibility index (Phi) is 4.33. The molecule has 1 N–H and O–H groups in total. The molecule has 0 aliphatic heterocycles. The monoisotopic (exact) mass is 305 g/mol. The van der Waals surface area contributed by atoms with Crippen molar-refractivity contribution in [1.29, 1.82) is 0 Å². The fourth-order valence-electron chi connectivity index (χ4n) is 2.13. The minimum atomic E-state index is -0.279. The third-order valence-corrected chi connectivity index (χ3v) is 3.31. The van der Waals surface area contributed by atoms with Crippen molar-refractivity contribution < 1.29 is 4.79 Å². The topological polar surface area (TPSA) is 80.7 Å². The number of carbonyl (C=O) groups is 1. The summed E-state index contributed by atoms with van der Waals surface area (Å²) in [5.74, 6) is -0.279. The van der Waals surface area contributed by atoms with Crippen LogP contribution in [0.15, 0.2) is 61.3 Å². The van der Waals surface area contributed by atoms with Crippen molar-refractivity contribution in [3.05, 3.63) is 72.7 Å². The van der Waals surface area contributed by atoms with Gasteiger partial charge in [-0.2, -0.15) is 0 Å². The number of hydrogen-bond donors (Lipinski definition) is 1. The summed E-state index contributed by atoms with van der Waals surface area (Å²) in [5, 5.41) is 2.87. The molecule has 6 nitrogen and oxygen atoms in total. The quantitative estimate of drug-likeness (QED) is 0.800. The summed E-state index contributed by atoms with van der Waals surface area (Å²) >= 11 is 0. The maximum absolute atomic E-state index is 12.1. The molecular weight excluding hydrogens is 290 g/mol. The van der Waals surface area contributed by atoms with Crippen molar-refractivity contribution >= 4 is 5.91 Å². The number of pyridine rings is 2. The Balaban J connectivity index is 1.78. The highest BCUT2D eigenvalue weighted by atomic mass is 16.1. The lowest BCUT2D eigenvalue weighted by Crippen LogP contribution is -2.28. The van der Waals surface area contributed by atoms with Gasteiger partial charge in [-0.1, -0.05) is 6.07 Å². The van der Waals surface area contributed by atoms with Crippen molar-refractivity contribution in [2.45, 2.75) is 13.0 Å². The maximum atomic E-state index is 12.1. The molecule has 3 heterocycles. The van der Waals surface area contributed by atoms with Crippen molar-refractivity contribution in [3.8, 4) is 11.3 Å². The molecule has 0 bridgehead atoms. The first-order valence-corrected chi connectivity index (χ1v) is 7.18. The molecular formula is C17H15N5O. The summed E-state index contributed by atoms with van der Waals surface area (Å²) < 4.78 is 0. The molecule has 0 spiro atoms. The van der Waals surface area contributed by atoms with Crippen LogP contribution in [-0.2, 0) is 0 Å². The molecule has 1 amide bonds. The van der Waals surface area contributed by atoms with Crippen LogP contribution in [0.1, 0.15) is 29.1 Å². The van der Waals surface area contributed by atoms with E-state index in [0.717, 1.165) is 17.0 Å². The first-order valence-electron chi connectivity index (χ1n) is 7.18. The number of hydrogen-bond acceptors (Lipinski definition) is 5. The van der Waals surface area contributed by atoms with Crippen LogP contribution >= 0.6 is 0 Å². The molecule has 0 radical (unpaired) electrons. The summed E-state index contributed by atoms with van der Waals surface area (Å²) in [6, 6.07) is 9.26. The highest BCUT2D eigenvalue weighted by Gasteiger charge is 2.14. The molecule has 3 aromatic heterocycles. The van der Waals surface area contributed by atoms with Crippen LogP contribution in [0.5, 0.6) is 0 Å². The summed E-state index contributed by atoms with van der Waals surface area (Å²) in [4.78, 5) is 28.7. The van der Waals surface area contributed by atoms with Gasteiger partial charge < -0.3 is 5.32 Å². The van der Waals surface area contributed by atoms with Crippen LogP contribution in [0.3, 0.4) is 0 Å². The summed E-state index contributed by atoms with van der Waals surface area (Å²) in [6.45, 7) is 1.88. The molecule has 114 valence electrons. The van der Waals surface area contributed by atoms with Crippen molar-refractivity contribution in [3.63, 3.8) is 0 Å². The van der Waals surface area contributed by atoms with Gasteiger partial charge in [0.1, 0.15) is 5.69 Å². The van der Waals surface area contributed by atoms with Gasteiger partial charge in [-0.25, -0.2) is 4.98 Å². The first-order chi connectivity index (χ1) is 11.2. The van der Waals surface area contributed by atoms with Crippen molar-refractivity contribution in [2.24, 2.45) is 0 Å². The Labute approximate surface area is 133 Å². The van der Waals surface area contributed by atoms with E-state index in [0.29, 0.717) is 0 Å². The predicted molar refractivity (Wildman–Crippen MR) is 85.4 cm³/mol. The number of carbonyl (C=O) groups excluding carboxylic acids is 1. The van der Waals surface area contributed by atoms with E-state index in [9.17, 15) is 4.79 Å². The number of nitrogens with zero attached hydrogens (tertiary/aromatic N) is 4. The zero-order valence-electron chi connectivity index (χ0n) is 12.5. The molecule has 0 fully saturated rings. The average molecular weight is 305 g/mol. The Morgan fingerprint density at radius 1 is 1.04 bits per heavy atom. The van der Waals surface area contributed by atoms with E-state index in [1.54, 1.807) is 12.4 Å². The third kappa shape index (κ3) is 3.55. The molecule has 6 heteroatoms. The van der Waals surface area contributed by atoms with Crippen LogP contribution in [0.25, 0.3) is 11.3 Å². The fraction of sp³-hybridized carbons (Fsp3) is 0.118. The van der Waals surface area contributed by atoms with Crippen LogP contribution in [0.4, 0.5) is 0 Å². The lowest BCUT2D eigenvalue weighted by Gasteiger charge is -2.14. The van der Waals surface area contributed by atoms with Crippen LogP contribution in [0, 0.1) is 0 Å². The minimum absolute atomic E-state index is 0.249. The smallest absolute Gasteiger partial charge is 0.272 e. The molecule has 0 aromatic carbocycles. The number of amides is 1. The molecule has 0 aliphatic carbocycles. The van der Waals surface area contributed by atoms with Gasteiger partial charge >= 0.3 is 0 Å². The lowest BCUT2D eigenvalue weighted by molar-refractivity contribution is 0.0933. The van der Waals surface area contributed by atoms with E-state index in [1.165, 1.54) is 18.6 Å². The average Bonchev–Trinajstić information content (AvgIpc) is 2.63. The zero-order valence-corrected chi connectivity index (χ0v) is 12.5. The van der Waals surface area contributed by atoms with E-state index in [-0.39, 0.29) is 17.6 Å². The van der Waals surface area contributed by atoms with Crippen LogP contribution < -0.4 is 5.32 Å². The van der Waals surface area contributed by atoms with Gasteiger partial charge in [0.05, 0.1) is 23.6 Å². The molecule has 23 heavy (non-hydrogen) atoms. The van der Waals surface area contributed by atoms with Gasteiger partial charge in [-0.05, 0) is 31.2 Å².